The number of anilines is 1. The number of nitrogens with zero attached hydrogens (tertiary/aromatic N) is 3. The number of aryl methyl sites for hydroxylation is 1. The van der Waals surface area contributed by atoms with Crippen LogP contribution in [0.4, 0.5) is 5.69 Å². The topological polar surface area (TPSA) is 103 Å². The molecule has 30 heavy (non-hydrogen) atoms. The lowest BCUT2D eigenvalue weighted by Gasteiger charge is -2.10. The van der Waals surface area contributed by atoms with E-state index in [0.717, 1.165) is 16.8 Å². The number of fused-ring (bicyclic) bond motifs is 1. The molecule has 1 aliphatic rings. The summed E-state index contributed by atoms with van der Waals surface area (Å²) < 4.78 is 10.2. The van der Waals surface area contributed by atoms with Crippen LogP contribution in [0.3, 0.4) is 0 Å². The fourth-order valence-corrected chi connectivity index (χ4v) is 3.22. The van der Waals surface area contributed by atoms with Gasteiger partial charge in [-0.25, -0.2) is 0 Å². The summed E-state index contributed by atoms with van der Waals surface area (Å²) in [6, 6.07) is 14.4. The highest BCUT2D eigenvalue weighted by atomic mass is 16.5. The SMILES string of the molecule is CN1C(=O)Cc2cc(C(=O)COC(=O)CCc3nc(-c4ccccc4)no3)ccc21. The number of ether oxygens (including phenoxy) is 1. The van der Waals surface area contributed by atoms with E-state index < -0.39 is 5.97 Å². The van der Waals surface area contributed by atoms with Crippen molar-refractivity contribution in [2.45, 2.75) is 19.3 Å². The molecular formula is C22H19N3O5. The lowest BCUT2D eigenvalue weighted by atomic mass is 10.1. The number of carbonyl (C=O) groups excluding carboxylic acids is 3. The van der Waals surface area contributed by atoms with E-state index >= 15 is 0 Å². The summed E-state index contributed by atoms with van der Waals surface area (Å²) in [7, 11) is 1.70. The van der Waals surface area contributed by atoms with Crippen LogP contribution in [0.2, 0.25) is 0 Å². The highest BCUT2D eigenvalue weighted by Gasteiger charge is 2.25. The monoisotopic (exact) mass is 405 g/mol. The summed E-state index contributed by atoms with van der Waals surface area (Å²) in [5, 5.41) is 3.90. The predicted octanol–water partition coefficient (Wildman–Crippen LogP) is 2.61. The lowest BCUT2D eigenvalue weighted by Crippen LogP contribution is -2.20. The molecule has 4 rings (SSSR count). The summed E-state index contributed by atoms with van der Waals surface area (Å²) in [6.45, 7) is -0.361. The Morgan fingerprint density at radius 3 is 2.77 bits per heavy atom. The highest BCUT2D eigenvalue weighted by Crippen LogP contribution is 2.28. The summed E-state index contributed by atoms with van der Waals surface area (Å²) >= 11 is 0. The second kappa shape index (κ2) is 8.28. The van der Waals surface area contributed by atoms with Crippen molar-refractivity contribution in [2.75, 3.05) is 18.6 Å². The maximum Gasteiger partial charge on any atom is 0.306 e. The van der Waals surface area contributed by atoms with Crippen molar-refractivity contribution in [3.63, 3.8) is 0 Å². The Balaban J connectivity index is 1.27. The van der Waals surface area contributed by atoms with Crippen molar-refractivity contribution in [1.29, 1.82) is 0 Å². The van der Waals surface area contributed by atoms with E-state index in [2.05, 4.69) is 10.1 Å². The first-order valence-corrected chi connectivity index (χ1v) is 9.47. The molecule has 1 amide bonds. The molecule has 0 saturated heterocycles. The molecule has 0 spiro atoms. The molecule has 0 bridgehead atoms. The van der Waals surface area contributed by atoms with Crippen LogP contribution >= 0.6 is 0 Å². The third-order valence-electron chi connectivity index (χ3n) is 4.89. The van der Waals surface area contributed by atoms with E-state index in [9.17, 15) is 14.4 Å². The van der Waals surface area contributed by atoms with E-state index in [-0.39, 0.29) is 37.6 Å². The molecule has 0 unspecified atom stereocenters. The first kappa shape index (κ1) is 19.5. The quantitative estimate of drug-likeness (QED) is 0.440. The van der Waals surface area contributed by atoms with E-state index in [0.29, 0.717) is 17.3 Å². The molecule has 0 radical (unpaired) electrons. The predicted molar refractivity (Wildman–Crippen MR) is 107 cm³/mol. The Bertz CT molecular complexity index is 1110. The summed E-state index contributed by atoms with van der Waals surface area (Å²) in [5.41, 5.74) is 2.82. The van der Waals surface area contributed by atoms with Gasteiger partial charge >= 0.3 is 5.97 Å². The third kappa shape index (κ3) is 4.12. The van der Waals surface area contributed by atoms with Gasteiger partial charge in [-0.2, -0.15) is 4.98 Å². The van der Waals surface area contributed by atoms with Crippen LogP contribution in [-0.4, -0.2) is 41.5 Å². The van der Waals surface area contributed by atoms with Crippen molar-refractivity contribution >= 4 is 23.3 Å². The van der Waals surface area contributed by atoms with Gasteiger partial charge in [0.15, 0.2) is 12.4 Å². The number of aromatic nitrogens is 2. The molecule has 1 aliphatic heterocycles. The Morgan fingerprint density at radius 2 is 1.97 bits per heavy atom. The zero-order chi connectivity index (χ0) is 21.1. The first-order valence-electron chi connectivity index (χ1n) is 9.47. The van der Waals surface area contributed by atoms with Crippen molar-refractivity contribution in [3.05, 3.63) is 65.5 Å². The second-order valence-corrected chi connectivity index (χ2v) is 6.93. The van der Waals surface area contributed by atoms with Crippen molar-refractivity contribution in [3.8, 4) is 11.4 Å². The van der Waals surface area contributed by atoms with Crippen molar-refractivity contribution < 1.29 is 23.6 Å². The van der Waals surface area contributed by atoms with Crippen LogP contribution in [0.25, 0.3) is 11.4 Å². The zero-order valence-electron chi connectivity index (χ0n) is 16.3. The molecule has 0 N–H and O–H groups in total. The van der Waals surface area contributed by atoms with Crippen LogP contribution in [-0.2, 0) is 27.2 Å². The Labute approximate surface area is 172 Å². The molecule has 2 heterocycles. The zero-order valence-corrected chi connectivity index (χ0v) is 16.3. The molecular weight excluding hydrogens is 386 g/mol. The Morgan fingerprint density at radius 1 is 1.17 bits per heavy atom. The van der Waals surface area contributed by atoms with E-state index in [1.165, 1.54) is 0 Å². The summed E-state index contributed by atoms with van der Waals surface area (Å²) in [5.74, 6) is -0.0897. The molecule has 3 aromatic rings. The number of hydrogen-bond acceptors (Lipinski definition) is 7. The standard InChI is InChI=1S/C22H19N3O5/c1-25-17-8-7-15(11-16(17)12-20(25)27)18(26)13-29-21(28)10-9-19-23-22(24-30-19)14-5-3-2-4-6-14/h2-8,11H,9-10,12-13H2,1H3. The molecule has 152 valence electrons. The van der Waals surface area contributed by atoms with Crippen LogP contribution < -0.4 is 4.90 Å². The van der Waals surface area contributed by atoms with E-state index in [4.69, 9.17) is 9.26 Å². The number of likely N-dealkylation sites (N-methyl/N-ethyl adjacent to an activating group) is 1. The minimum absolute atomic E-state index is 0.0162. The average Bonchev–Trinajstić information content (AvgIpc) is 3.35. The van der Waals surface area contributed by atoms with Crippen LogP contribution in [0.1, 0.15) is 28.2 Å². The fourth-order valence-electron chi connectivity index (χ4n) is 3.22. The summed E-state index contributed by atoms with van der Waals surface area (Å²) in [4.78, 5) is 41.9. The highest BCUT2D eigenvalue weighted by molar-refractivity contribution is 6.03. The molecule has 2 aromatic carbocycles. The number of ketones is 1. The Hall–Kier alpha value is -3.81. The number of amides is 1. The van der Waals surface area contributed by atoms with Gasteiger partial charge in [0.1, 0.15) is 0 Å². The van der Waals surface area contributed by atoms with Gasteiger partial charge in [0, 0.05) is 30.3 Å². The van der Waals surface area contributed by atoms with Crippen molar-refractivity contribution in [1.82, 2.24) is 10.1 Å². The third-order valence-corrected chi connectivity index (χ3v) is 4.89. The summed E-state index contributed by atoms with van der Waals surface area (Å²) in [6.07, 6.45) is 0.509. The van der Waals surface area contributed by atoms with Gasteiger partial charge in [0.05, 0.1) is 12.8 Å². The second-order valence-electron chi connectivity index (χ2n) is 6.93. The number of rotatable bonds is 7. The van der Waals surface area contributed by atoms with Gasteiger partial charge in [0.25, 0.3) is 0 Å². The number of benzene rings is 2. The maximum atomic E-state index is 12.3. The smallest absolute Gasteiger partial charge is 0.306 e. The minimum atomic E-state index is -0.529. The molecule has 0 aliphatic carbocycles. The normalized spacial score (nSPS) is 12.7. The van der Waals surface area contributed by atoms with E-state index in [1.54, 1.807) is 30.1 Å². The largest absolute Gasteiger partial charge is 0.457 e. The average molecular weight is 405 g/mol. The number of esters is 1. The van der Waals surface area contributed by atoms with Gasteiger partial charge in [-0.05, 0) is 23.8 Å². The molecule has 8 heteroatoms. The Kier molecular flexibility index (Phi) is 5.38. The minimum Gasteiger partial charge on any atom is -0.457 e. The molecule has 0 saturated carbocycles. The first-order chi connectivity index (χ1) is 14.5. The number of hydrogen-bond donors (Lipinski definition) is 0. The lowest BCUT2D eigenvalue weighted by molar-refractivity contribution is -0.142. The molecule has 8 nitrogen and oxygen atoms in total. The van der Waals surface area contributed by atoms with Gasteiger partial charge in [-0.3, -0.25) is 14.4 Å². The fraction of sp³-hybridized carbons (Fsp3) is 0.227. The van der Waals surface area contributed by atoms with Crippen LogP contribution in [0.15, 0.2) is 53.1 Å². The molecule has 1 aromatic heterocycles. The number of Topliss-reactive ketones (excluding diaryl/α,β-unsaturated/α-hetero) is 1. The van der Waals surface area contributed by atoms with Gasteiger partial charge in [-0.1, -0.05) is 35.5 Å². The van der Waals surface area contributed by atoms with Crippen LogP contribution in [0, 0.1) is 0 Å². The maximum absolute atomic E-state index is 12.3. The van der Waals surface area contributed by atoms with Crippen LogP contribution in [0.5, 0.6) is 0 Å². The van der Waals surface area contributed by atoms with Gasteiger partial charge in [-0.15, -0.1) is 0 Å². The molecule has 0 atom stereocenters. The van der Waals surface area contributed by atoms with Gasteiger partial charge < -0.3 is 14.2 Å². The van der Waals surface area contributed by atoms with Gasteiger partial charge in [0.2, 0.25) is 17.6 Å². The van der Waals surface area contributed by atoms with Crippen molar-refractivity contribution in [2.24, 2.45) is 0 Å². The number of carbonyl (C=O) groups is 3. The van der Waals surface area contributed by atoms with E-state index in [1.807, 2.05) is 30.3 Å². The molecule has 0 fully saturated rings.